The zero-order valence-corrected chi connectivity index (χ0v) is 16.3. The lowest BCUT2D eigenvalue weighted by Gasteiger charge is -2.32. The first-order valence-electron chi connectivity index (χ1n) is 8.96. The van der Waals surface area contributed by atoms with Gasteiger partial charge in [0.25, 0.3) is 0 Å². The Labute approximate surface area is 170 Å². The highest BCUT2D eigenvalue weighted by molar-refractivity contribution is 7.08. The van der Waals surface area contributed by atoms with E-state index in [1.165, 1.54) is 17.4 Å². The summed E-state index contributed by atoms with van der Waals surface area (Å²) in [5, 5.41) is 25.6. The van der Waals surface area contributed by atoms with E-state index in [0.29, 0.717) is 23.4 Å². The van der Waals surface area contributed by atoms with Crippen LogP contribution in [0.3, 0.4) is 0 Å². The number of carbonyl (C=O) groups is 2. The normalized spacial score (nSPS) is 18.4. The molecule has 0 saturated heterocycles. The molecular formula is C21H17N3O4S. The summed E-state index contributed by atoms with van der Waals surface area (Å²) in [6.45, 7) is 1.90. The maximum atomic E-state index is 12.2. The van der Waals surface area contributed by atoms with Gasteiger partial charge in [-0.15, -0.1) is 0 Å². The van der Waals surface area contributed by atoms with Crippen molar-refractivity contribution in [2.75, 3.05) is 11.9 Å². The molecule has 0 aliphatic carbocycles. The van der Waals surface area contributed by atoms with E-state index < -0.39 is 11.7 Å². The molecule has 1 atom stereocenters. The van der Waals surface area contributed by atoms with Gasteiger partial charge in [0.05, 0.1) is 5.69 Å². The monoisotopic (exact) mass is 407 g/mol. The van der Waals surface area contributed by atoms with Gasteiger partial charge >= 0.3 is 6.09 Å². The minimum absolute atomic E-state index is 0.0339. The first-order valence-corrected chi connectivity index (χ1v) is 9.91. The average molecular weight is 407 g/mol. The van der Waals surface area contributed by atoms with E-state index in [2.05, 4.69) is 5.32 Å². The molecule has 1 aliphatic rings. The lowest BCUT2D eigenvalue weighted by Crippen LogP contribution is -2.30. The Balaban J connectivity index is 1.96. The molecule has 0 fully saturated rings. The number of rotatable bonds is 3. The third kappa shape index (κ3) is 3.01. The van der Waals surface area contributed by atoms with Gasteiger partial charge in [0.2, 0.25) is 5.91 Å². The summed E-state index contributed by atoms with van der Waals surface area (Å²) in [7, 11) is 0. The van der Waals surface area contributed by atoms with Gasteiger partial charge in [-0.2, -0.15) is 16.6 Å². The van der Waals surface area contributed by atoms with Gasteiger partial charge in [-0.1, -0.05) is 13.0 Å². The Morgan fingerprint density at radius 1 is 1.38 bits per heavy atom. The topological polar surface area (TPSA) is 104 Å². The molecule has 3 heterocycles. The number of thiophene rings is 1. The van der Waals surface area contributed by atoms with Crippen molar-refractivity contribution in [3.63, 3.8) is 0 Å². The first-order chi connectivity index (χ1) is 14.0. The summed E-state index contributed by atoms with van der Waals surface area (Å²) in [6.07, 6.45) is -0.654. The fourth-order valence-electron chi connectivity index (χ4n) is 3.78. The fraction of sp³-hybridized carbons (Fsp3) is 0.190. The number of anilines is 1. The van der Waals surface area contributed by atoms with Crippen molar-refractivity contribution < 1.29 is 19.4 Å². The number of nitrogens with zero attached hydrogens (tertiary/aromatic N) is 2. The van der Waals surface area contributed by atoms with Gasteiger partial charge < -0.3 is 15.2 Å². The van der Waals surface area contributed by atoms with E-state index in [-0.39, 0.29) is 18.2 Å². The highest BCUT2D eigenvalue weighted by Crippen LogP contribution is 2.44. The summed E-state index contributed by atoms with van der Waals surface area (Å²) < 4.78 is 7.09. The zero-order chi connectivity index (χ0) is 20.6. The van der Waals surface area contributed by atoms with Crippen LogP contribution in [-0.2, 0) is 15.1 Å². The average Bonchev–Trinajstić information content (AvgIpc) is 3.37. The van der Waals surface area contributed by atoms with E-state index in [1.807, 2.05) is 35.9 Å². The van der Waals surface area contributed by atoms with Gasteiger partial charge in [0.15, 0.2) is 0 Å². The number of hydrogen-bond acceptors (Lipinski definition) is 5. The van der Waals surface area contributed by atoms with E-state index in [0.717, 1.165) is 15.7 Å². The molecule has 2 N–H and O–H groups in total. The second kappa shape index (κ2) is 7.20. The summed E-state index contributed by atoms with van der Waals surface area (Å²) >= 11 is 1.54. The van der Waals surface area contributed by atoms with Crippen LogP contribution in [0.4, 0.5) is 10.5 Å². The quantitative estimate of drug-likeness (QED) is 0.676. The Morgan fingerprint density at radius 3 is 2.86 bits per heavy atom. The molecule has 1 aromatic carbocycles. The number of amides is 1. The third-order valence-electron chi connectivity index (χ3n) is 5.15. The Hall–Kier alpha value is -3.41. The minimum atomic E-state index is -1.24. The largest absolute Gasteiger partial charge is 0.464 e. The predicted octanol–water partition coefficient (Wildman–Crippen LogP) is 4.24. The van der Waals surface area contributed by atoms with Crippen LogP contribution in [0.2, 0.25) is 0 Å². The highest BCUT2D eigenvalue weighted by Gasteiger charge is 2.39. The van der Waals surface area contributed by atoms with Gasteiger partial charge in [-0.3, -0.25) is 4.79 Å². The molecule has 7 nitrogen and oxygen atoms in total. The summed E-state index contributed by atoms with van der Waals surface area (Å²) in [4.78, 5) is 23.9. The Morgan fingerprint density at radius 2 is 2.21 bits per heavy atom. The second-order valence-corrected chi connectivity index (χ2v) is 7.40. The van der Waals surface area contributed by atoms with Crippen LogP contribution in [0.1, 0.15) is 30.2 Å². The minimum Gasteiger partial charge on any atom is -0.464 e. The van der Waals surface area contributed by atoms with Crippen molar-refractivity contribution >= 4 is 29.0 Å². The standard InChI is InChI=1S/C21H17N3O4S/c1-2-21(14-7-8-29-12-14)16-9-13(3-5-17(16)23-19(25)11-28-21)18-6-4-15(10-22)24(18)20(26)27/h3-9,12H,2,11H2,1H3,(H,23,25)(H,26,27). The SMILES string of the molecule is CCC1(c2ccsc2)OCC(=O)Nc2ccc(-c3ccc(C#N)n3C(=O)O)cc21. The molecule has 3 aromatic rings. The number of hydrogen-bond donors (Lipinski definition) is 2. The molecule has 8 heteroatoms. The molecule has 1 aliphatic heterocycles. The first kappa shape index (κ1) is 18.9. The van der Waals surface area contributed by atoms with Crippen molar-refractivity contribution in [1.29, 1.82) is 5.26 Å². The molecule has 0 bridgehead atoms. The Kier molecular flexibility index (Phi) is 4.70. The molecule has 0 radical (unpaired) electrons. The van der Waals surface area contributed by atoms with Crippen molar-refractivity contribution in [2.45, 2.75) is 18.9 Å². The van der Waals surface area contributed by atoms with Gasteiger partial charge in [0.1, 0.15) is 24.0 Å². The molecule has 29 heavy (non-hydrogen) atoms. The van der Waals surface area contributed by atoms with Gasteiger partial charge in [0, 0.05) is 11.3 Å². The van der Waals surface area contributed by atoms with Crippen molar-refractivity contribution in [3.8, 4) is 17.3 Å². The highest BCUT2D eigenvalue weighted by atomic mass is 32.1. The van der Waals surface area contributed by atoms with Crippen LogP contribution in [-0.4, -0.2) is 28.3 Å². The molecule has 0 spiro atoms. The third-order valence-corrected chi connectivity index (χ3v) is 5.83. The van der Waals surface area contributed by atoms with E-state index in [1.54, 1.807) is 18.2 Å². The molecule has 1 amide bonds. The number of carbonyl (C=O) groups excluding carboxylic acids is 1. The van der Waals surface area contributed by atoms with Crippen molar-refractivity contribution in [1.82, 2.24) is 4.57 Å². The number of aromatic nitrogens is 1. The molecule has 4 rings (SSSR count). The fourth-order valence-corrected chi connectivity index (χ4v) is 4.50. The van der Waals surface area contributed by atoms with Crippen molar-refractivity contribution in [3.05, 3.63) is 64.0 Å². The number of fused-ring (bicyclic) bond motifs is 1. The number of ether oxygens (including phenoxy) is 1. The van der Waals surface area contributed by atoms with Crippen LogP contribution >= 0.6 is 11.3 Å². The maximum absolute atomic E-state index is 12.2. The number of nitrogens with one attached hydrogen (secondary N) is 1. The molecule has 0 saturated carbocycles. The molecule has 1 unspecified atom stereocenters. The summed E-state index contributed by atoms with van der Waals surface area (Å²) in [6, 6.07) is 12.2. The number of carboxylic acid groups (broad SMARTS) is 1. The van der Waals surface area contributed by atoms with Crippen LogP contribution in [0.25, 0.3) is 11.3 Å². The molecular weight excluding hydrogens is 390 g/mol. The van der Waals surface area contributed by atoms with Crippen LogP contribution in [0.15, 0.2) is 47.2 Å². The zero-order valence-electron chi connectivity index (χ0n) is 15.5. The summed E-state index contributed by atoms with van der Waals surface area (Å²) in [5.74, 6) is -0.245. The van der Waals surface area contributed by atoms with Crippen LogP contribution in [0, 0.1) is 11.3 Å². The van der Waals surface area contributed by atoms with E-state index in [9.17, 15) is 20.0 Å². The van der Waals surface area contributed by atoms with Crippen LogP contribution in [0.5, 0.6) is 0 Å². The lowest BCUT2D eigenvalue weighted by atomic mass is 9.83. The lowest BCUT2D eigenvalue weighted by molar-refractivity contribution is -0.125. The molecule has 146 valence electrons. The van der Waals surface area contributed by atoms with Gasteiger partial charge in [-0.05, 0) is 58.6 Å². The molecule has 2 aromatic heterocycles. The van der Waals surface area contributed by atoms with Crippen LogP contribution < -0.4 is 5.32 Å². The number of benzene rings is 1. The van der Waals surface area contributed by atoms with Crippen molar-refractivity contribution in [2.24, 2.45) is 0 Å². The Bertz CT molecular complexity index is 1140. The number of nitriles is 1. The smallest absolute Gasteiger partial charge is 0.417 e. The maximum Gasteiger partial charge on any atom is 0.417 e. The van der Waals surface area contributed by atoms with E-state index in [4.69, 9.17) is 4.74 Å². The summed E-state index contributed by atoms with van der Waals surface area (Å²) in [5.41, 5.74) is 2.49. The predicted molar refractivity (Wildman–Crippen MR) is 108 cm³/mol. The second-order valence-electron chi connectivity index (χ2n) is 6.62. The van der Waals surface area contributed by atoms with Gasteiger partial charge in [-0.25, -0.2) is 9.36 Å². The van der Waals surface area contributed by atoms with E-state index >= 15 is 0 Å².